The number of hydrogen-bond acceptors (Lipinski definition) is 4. The van der Waals surface area contributed by atoms with Crippen LogP contribution in [-0.2, 0) is 10.1 Å². The molecule has 3 N–H and O–H groups in total. The van der Waals surface area contributed by atoms with E-state index in [0.29, 0.717) is 5.39 Å². The lowest BCUT2D eigenvalue weighted by atomic mass is 9.99. The second-order valence-electron chi connectivity index (χ2n) is 4.24. The summed E-state index contributed by atoms with van der Waals surface area (Å²) in [5.41, 5.74) is -5.52. The number of fused-ring (bicyclic) bond motifs is 1. The Morgan fingerprint density at radius 3 is 1.46 bits per heavy atom. The largest absolute Gasteiger partial charge is 0.522 e. The number of alkyl halides is 3. The molecule has 0 saturated carbocycles. The van der Waals surface area contributed by atoms with Crippen LogP contribution in [0.2, 0.25) is 0 Å². The van der Waals surface area contributed by atoms with Crippen LogP contribution in [0.3, 0.4) is 0 Å². The lowest BCUT2D eigenvalue weighted by Crippen LogP contribution is -2.21. The zero-order chi connectivity index (χ0) is 18.7. The topological polar surface area (TPSA) is 129 Å². The molecule has 0 heterocycles. The molecule has 0 bridgehead atoms. The van der Waals surface area contributed by atoms with Crippen molar-refractivity contribution >= 4 is 32.8 Å². The Kier molecular flexibility index (Phi) is 5.53. The van der Waals surface area contributed by atoms with Gasteiger partial charge in [0.1, 0.15) is 0 Å². The molecular formula is C13H9F3O7S. The number of carboxylic acids is 2. The zero-order valence-electron chi connectivity index (χ0n) is 11.5. The van der Waals surface area contributed by atoms with E-state index in [9.17, 15) is 22.8 Å². The summed E-state index contributed by atoms with van der Waals surface area (Å²) >= 11 is 0. The minimum atomic E-state index is -5.84. The van der Waals surface area contributed by atoms with Crippen LogP contribution in [0.1, 0.15) is 20.7 Å². The zero-order valence-corrected chi connectivity index (χ0v) is 12.3. The van der Waals surface area contributed by atoms with E-state index in [2.05, 4.69) is 0 Å². The average molecular weight is 366 g/mol. The molecule has 0 saturated heterocycles. The fraction of sp³-hybridized carbons (Fsp3) is 0.0769. The first-order valence-corrected chi connectivity index (χ1v) is 7.32. The van der Waals surface area contributed by atoms with Gasteiger partial charge >= 0.3 is 27.6 Å². The van der Waals surface area contributed by atoms with Crippen LogP contribution in [0.5, 0.6) is 0 Å². The van der Waals surface area contributed by atoms with E-state index in [4.69, 9.17) is 23.2 Å². The highest BCUT2D eigenvalue weighted by Crippen LogP contribution is 2.23. The number of hydrogen-bond donors (Lipinski definition) is 3. The predicted octanol–water partition coefficient (Wildman–Crippen LogP) is 2.63. The molecule has 24 heavy (non-hydrogen) atoms. The van der Waals surface area contributed by atoms with Crippen molar-refractivity contribution in [2.24, 2.45) is 0 Å². The van der Waals surface area contributed by atoms with Gasteiger partial charge in [0.25, 0.3) is 0 Å². The first-order valence-electron chi connectivity index (χ1n) is 5.88. The van der Waals surface area contributed by atoms with E-state index in [0.717, 1.165) is 0 Å². The molecule has 0 unspecified atom stereocenters. The van der Waals surface area contributed by atoms with Crippen molar-refractivity contribution in [2.45, 2.75) is 5.51 Å². The summed E-state index contributed by atoms with van der Waals surface area (Å²) in [4.78, 5) is 22.0. The number of aromatic carboxylic acids is 2. The van der Waals surface area contributed by atoms with Gasteiger partial charge in [-0.3, -0.25) is 4.55 Å². The van der Waals surface area contributed by atoms with Crippen molar-refractivity contribution in [1.82, 2.24) is 0 Å². The molecule has 0 aliphatic rings. The van der Waals surface area contributed by atoms with Crippen LogP contribution in [0.15, 0.2) is 36.4 Å². The summed E-state index contributed by atoms with van der Waals surface area (Å²) in [7, 11) is -5.84. The number of rotatable bonds is 2. The van der Waals surface area contributed by atoms with Gasteiger partial charge < -0.3 is 10.2 Å². The van der Waals surface area contributed by atoms with Crippen molar-refractivity contribution in [2.75, 3.05) is 0 Å². The molecule has 0 aliphatic carbocycles. The van der Waals surface area contributed by atoms with Crippen LogP contribution in [0.4, 0.5) is 13.2 Å². The summed E-state index contributed by atoms with van der Waals surface area (Å²) in [6.45, 7) is 0. The number of benzene rings is 2. The summed E-state index contributed by atoms with van der Waals surface area (Å²) in [6.07, 6.45) is 0. The van der Waals surface area contributed by atoms with E-state index >= 15 is 0 Å². The predicted molar refractivity (Wildman–Crippen MR) is 75.5 cm³/mol. The molecule has 0 amide bonds. The molecule has 7 nitrogen and oxygen atoms in total. The van der Waals surface area contributed by atoms with Crippen LogP contribution in [0, 0.1) is 0 Å². The monoisotopic (exact) mass is 366 g/mol. The first-order chi connectivity index (χ1) is 10.9. The highest BCUT2D eigenvalue weighted by atomic mass is 32.2. The second-order valence-corrected chi connectivity index (χ2v) is 5.65. The van der Waals surface area contributed by atoms with Gasteiger partial charge in [-0.1, -0.05) is 24.3 Å². The van der Waals surface area contributed by atoms with Gasteiger partial charge in [0.2, 0.25) is 0 Å². The molecule has 130 valence electrons. The van der Waals surface area contributed by atoms with Gasteiger partial charge in [-0.2, -0.15) is 21.6 Å². The van der Waals surface area contributed by atoms with Gasteiger partial charge in [0, 0.05) is 5.39 Å². The van der Waals surface area contributed by atoms with Gasteiger partial charge in [-0.05, 0) is 17.5 Å². The van der Waals surface area contributed by atoms with Gasteiger partial charge in [0.15, 0.2) is 0 Å². The molecule has 0 spiro atoms. The molecule has 0 aromatic heterocycles. The lowest BCUT2D eigenvalue weighted by Gasteiger charge is -2.05. The van der Waals surface area contributed by atoms with Crippen molar-refractivity contribution in [3.63, 3.8) is 0 Å². The van der Waals surface area contributed by atoms with E-state index in [-0.39, 0.29) is 16.5 Å². The number of carboxylic acid groups (broad SMARTS) is 2. The van der Waals surface area contributed by atoms with Gasteiger partial charge in [0.05, 0.1) is 11.1 Å². The first kappa shape index (κ1) is 19.4. The van der Waals surface area contributed by atoms with Gasteiger partial charge in [-0.15, -0.1) is 0 Å². The molecule has 0 radical (unpaired) electrons. The maximum Gasteiger partial charge on any atom is 0.522 e. The van der Waals surface area contributed by atoms with E-state index in [1.807, 2.05) is 0 Å². The second kappa shape index (κ2) is 6.84. The SMILES string of the molecule is O=C(O)c1cccc2cccc(C(=O)O)c12.O=S(=O)(O)C(F)(F)F. The summed E-state index contributed by atoms with van der Waals surface area (Å²) in [6, 6.07) is 9.37. The van der Waals surface area contributed by atoms with E-state index < -0.39 is 27.6 Å². The van der Waals surface area contributed by atoms with Crippen LogP contribution in [-0.4, -0.2) is 40.6 Å². The lowest BCUT2D eigenvalue weighted by molar-refractivity contribution is -0.0510. The molecule has 2 aromatic rings. The Balaban J connectivity index is 0.000000307. The molecule has 0 atom stereocenters. The Bertz CT molecular complexity index is 839. The Morgan fingerprint density at radius 1 is 0.875 bits per heavy atom. The molecule has 2 rings (SSSR count). The number of halogens is 3. The van der Waals surface area contributed by atoms with Gasteiger partial charge in [-0.25, -0.2) is 9.59 Å². The Morgan fingerprint density at radius 2 is 1.21 bits per heavy atom. The van der Waals surface area contributed by atoms with Crippen molar-refractivity contribution < 1.29 is 45.9 Å². The summed E-state index contributed by atoms with van der Waals surface area (Å²) in [5.74, 6) is -2.25. The normalized spacial score (nSPS) is 11.5. The van der Waals surface area contributed by atoms with Crippen molar-refractivity contribution in [3.05, 3.63) is 47.5 Å². The minimum Gasteiger partial charge on any atom is -0.478 e. The number of carbonyl (C=O) groups is 2. The van der Waals surface area contributed by atoms with E-state index in [1.54, 1.807) is 24.3 Å². The molecule has 2 aromatic carbocycles. The van der Waals surface area contributed by atoms with Crippen molar-refractivity contribution in [3.8, 4) is 0 Å². The maximum absolute atomic E-state index is 11.0. The Labute approximate surface area is 132 Å². The van der Waals surface area contributed by atoms with Crippen LogP contribution >= 0.6 is 0 Å². The fourth-order valence-corrected chi connectivity index (χ4v) is 1.70. The summed E-state index contributed by atoms with van der Waals surface area (Å²) in [5, 5.41) is 18.9. The average Bonchev–Trinajstić information content (AvgIpc) is 2.44. The quantitative estimate of drug-likeness (QED) is 0.550. The highest BCUT2D eigenvalue weighted by Gasteiger charge is 2.44. The fourth-order valence-electron chi connectivity index (χ4n) is 1.70. The summed E-state index contributed by atoms with van der Waals surface area (Å²) < 4.78 is 57.5. The Hall–Kier alpha value is -2.66. The molecule has 11 heteroatoms. The molecule has 0 aliphatic heterocycles. The van der Waals surface area contributed by atoms with Crippen LogP contribution in [0.25, 0.3) is 10.8 Å². The third-order valence-electron chi connectivity index (χ3n) is 2.66. The highest BCUT2D eigenvalue weighted by molar-refractivity contribution is 7.86. The van der Waals surface area contributed by atoms with Crippen molar-refractivity contribution in [1.29, 1.82) is 0 Å². The smallest absolute Gasteiger partial charge is 0.478 e. The third-order valence-corrected chi connectivity index (χ3v) is 3.24. The molecular weight excluding hydrogens is 357 g/mol. The minimum absolute atomic E-state index is 0.00972. The van der Waals surface area contributed by atoms with Crippen LogP contribution < -0.4 is 0 Å². The third kappa shape index (κ3) is 4.43. The molecule has 0 fully saturated rings. The standard InChI is InChI=1S/C12H8O4.CHF3O3S/c13-11(14)8-5-1-3-7-4-2-6-9(10(7)8)12(15)16;2-1(3,4)8(5,6)7/h1-6H,(H,13,14)(H,15,16);(H,5,6,7). The van der Waals surface area contributed by atoms with E-state index in [1.165, 1.54) is 12.1 Å². The maximum atomic E-state index is 11.0.